The number of nitrogens with one attached hydrogen (secondary N) is 13. The lowest BCUT2D eigenvalue weighted by atomic mass is 9.99. The Morgan fingerprint density at radius 3 is 1.45 bits per heavy atom. The fourth-order valence-electron chi connectivity index (χ4n) is 12.8. The number of pyridine rings is 1. The monoisotopic (exact) mass is 1580 g/mol. The van der Waals surface area contributed by atoms with E-state index in [1.165, 1.54) is 69.3 Å². The zero-order chi connectivity index (χ0) is 82.4. The summed E-state index contributed by atoms with van der Waals surface area (Å²) >= 11 is 6.27. The lowest BCUT2D eigenvalue weighted by Crippen LogP contribution is -2.64. The molecule has 5 aromatic carbocycles. The molecule has 1 saturated heterocycles. The molecule has 0 aliphatic carbocycles. The molecule has 1 aliphatic rings. The van der Waals surface area contributed by atoms with Crippen LogP contribution in [0.2, 0.25) is 5.02 Å². The van der Waals surface area contributed by atoms with E-state index < -0.39 is 150 Å². The molecule has 32 heteroatoms. The molecule has 6 aromatic rings. The van der Waals surface area contributed by atoms with Gasteiger partial charge >= 0.3 is 5.97 Å². The number of rotatable bonds is 41. The molecule has 0 spiro atoms. The summed E-state index contributed by atoms with van der Waals surface area (Å²) in [6, 6.07) is 22.4. The highest BCUT2D eigenvalue weighted by Crippen LogP contribution is 2.23. The lowest BCUT2D eigenvalue weighted by Gasteiger charge is -2.31. The summed E-state index contributed by atoms with van der Waals surface area (Å²) in [4.78, 5) is 201. The Hall–Kier alpha value is -11.7. The Kier molecular flexibility index (Phi) is 34.3. The van der Waals surface area contributed by atoms with Crippen LogP contribution in [-0.4, -0.2) is 189 Å². The van der Waals surface area contributed by atoms with E-state index in [4.69, 9.17) is 11.6 Å². The number of benzene rings is 5. The number of carboxylic acid groups (broad SMARTS) is 1. The number of unbranched alkanes of at least 4 members (excludes halogenated alkanes) is 1. The maximum absolute atomic E-state index is 15.4. The van der Waals surface area contributed by atoms with Crippen LogP contribution in [0.15, 0.2) is 140 Å². The first kappa shape index (κ1) is 88.5. The van der Waals surface area contributed by atoms with Crippen molar-refractivity contribution in [3.05, 3.63) is 173 Å². The van der Waals surface area contributed by atoms with Crippen LogP contribution < -0.4 is 69.1 Å². The molecule has 0 bridgehead atoms. The minimum absolute atomic E-state index is 0.00385. The SMILES string of the molecule is CC(=O)Nc1ccc(C[C@H](NC(=O)[C@H](NC(=O)CO)NC(=O)[C@@H](Cc2cccnc2)NC(=O)[C@@H](Cc2ccc(Cl)cc2)NC(=O)[C@@H](Cc2ccc3ccccc3c2)NC(C)=O)C(=O)N[C@H](Cc2ccc(NC(C)=O)cc2)C(=O)N[C@@H](CC(C)C)C(=O)N[C@@H](CCCCNC(C)C)C(=O)N2CCC[C@H]2C(=O)N[C@H](C)C(=O)O)cc1. The van der Waals surface area contributed by atoms with E-state index in [9.17, 15) is 53.4 Å². The van der Waals surface area contributed by atoms with Crippen molar-refractivity contribution in [1.29, 1.82) is 0 Å². The van der Waals surface area contributed by atoms with E-state index in [0.29, 0.717) is 70.0 Å². The van der Waals surface area contributed by atoms with E-state index in [0.717, 1.165) is 10.8 Å². The minimum Gasteiger partial charge on any atom is -0.480 e. The van der Waals surface area contributed by atoms with Crippen LogP contribution >= 0.6 is 11.6 Å². The van der Waals surface area contributed by atoms with Crippen molar-refractivity contribution >= 4 is 117 Å². The third kappa shape index (κ3) is 29.2. The van der Waals surface area contributed by atoms with Crippen molar-refractivity contribution in [2.45, 2.75) is 193 Å². The number of fused-ring (bicyclic) bond motifs is 1. The number of aliphatic hydroxyl groups is 1. The second kappa shape index (κ2) is 43.8. The van der Waals surface area contributed by atoms with Gasteiger partial charge in [-0.1, -0.05) is 124 Å². The topological polar surface area (TPSA) is 452 Å². The number of carbonyl (C=O) groups excluding carboxylic acids is 13. The normalized spacial score (nSPS) is 14.9. The summed E-state index contributed by atoms with van der Waals surface area (Å²) in [7, 11) is 0. The van der Waals surface area contributed by atoms with Crippen molar-refractivity contribution in [2.75, 3.05) is 30.3 Å². The molecule has 0 radical (unpaired) electrons. The van der Waals surface area contributed by atoms with Gasteiger partial charge in [0.25, 0.3) is 5.91 Å². The van der Waals surface area contributed by atoms with Crippen LogP contribution in [0, 0.1) is 5.92 Å². The number of nitrogens with zero attached hydrogens (tertiary/aromatic N) is 2. The summed E-state index contributed by atoms with van der Waals surface area (Å²) in [5.74, 6) is -12.3. The lowest BCUT2D eigenvalue weighted by molar-refractivity contribution is -0.144. The minimum atomic E-state index is -2.18. The zero-order valence-electron chi connectivity index (χ0n) is 64.5. The highest BCUT2D eigenvalue weighted by molar-refractivity contribution is 6.30. The van der Waals surface area contributed by atoms with Gasteiger partial charge in [-0.2, -0.15) is 0 Å². The molecule has 1 aliphatic heterocycles. The molecule has 1 aromatic heterocycles. The molecule has 113 heavy (non-hydrogen) atoms. The van der Waals surface area contributed by atoms with Crippen LogP contribution in [0.1, 0.15) is 122 Å². The van der Waals surface area contributed by atoms with Crippen molar-refractivity contribution in [3.8, 4) is 0 Å². The number of hydrogen-bond donors (Lipinski definition) is 15. The molecule has 0 unspecified atom stereocenters. The summed E-state index contributed by atoms with van der Waals surface area (Å²) in [5.41, 5.74) is 3.04. The fraction of sp³-hybridized carbons (Fsp3) is 0.420. The van der Waals surface area contributed by atoms with Gasteiger partial charge in [0.2, 0.25) is 70.9 Å². The quantitative estimate of drug-likeness (QED) is 0.0194. The third-order valence-electron chi connectivity index (χ3n) is 18.4. The van der Waals surface area contributed by atoms with E-state index >= 15 is 24.0 Å². The van der Waals surface area contributed by atoms with E-state index in [1.54, 1.807) is 74.5 Å². The van der Waals surface area contributed by atoms with E-state index in [2.05, 4.69) is 74.1 Å². The molecule has 0 saturated carbocycles. The van der Waals surface area contributed by atoms with Crippen molar-refractivity contribution in [2.24, 2.45) is 5.92 Å². The molecule has 31 nitrogen and oxygen atoms in total. The smallest absolute Gasteiger partial charge is 0.325 e. The van der Waals surface area contributed by atoms with Gasteiger partial charge < -0.3 is 84.2 Å². The predicted octanol–water partition coefficient (Wildman–Crippen LogP) is 3.08. The number of hydrogen-bond acceptors (Lipinski definition) is 17. The van der Waals surface area contributed by atoms with Gasteiger partial charge in [-0.25, -0.2) is 0 Å². The summed E-state index contributed by atoms with van der Waals surface area (Å²) in [6.07, 6.45) is 1.13. The Morgan fingerprint density at radius 1 is 0.487 bits per heavy atom. The molecule has 15 N–H and O–H groups in total. The van der Waals surface area contributed by atoms with E-state index in [-0.39, 0.29) is 69.4 Å². The molecule has 10 atom stereocenters. The number of aliphatic hydroxyl groups excluding tert-OH is 1. The first-order chi connectivity index (χ1) is 53.8. The Bertz CT molecular complexity index is 4320. The average molecular weight is 1580 g/mol. The number of likely N-dealkylation sites (tertiary alicyclic amines) is 1. The zero-order valence-corrected chi connectivity index (χ0v) is 65.2. The first-order valence-electron chi connectivity index (χ1n) is 37.5. The van der Waals surface area contributed by atoms with Gasteiger partial charge in [0.15, 0.2) is 6.17 Å². The molecular weight excluding hydrogens is 1470 g/mol. The largest absolute Gasteiger partial charge is 0.480 e. The van der Waals surface area contributed by atoms with Crippen LogP contribution in [0.5, 0.6) is 0 Å². The van der Waals surface area contributed by atoms with Crippen LogP contribution in [-0.2, 0) is 99.2 Å². The summed E-state index contributed by atoms with van der Waals surface area (Å²) in [5, 5.41) is 56.8. The van der Waals surface area contributed by atoms with Gasteiger partial charge in [0.05, 0.1) is 0 Å². The predicted molar refractivity (Wildman–Crippen MR) is 422 cm³/mol. The van der Waals surface area contributed by atoms with E-state index in [1.807, 2.05) is 56.3 Å². The number of aliphatic carboxylic acids is 1. The summed E-state index contributed by atoms with van der Waals surface area (Å²) in [6.45, 7) is 12.1. The molecule has 7 rings (SSSR count). The third-order valence-corrected chi connectivity index (χ3v) is 18.7. The second-order valence-corrected chi connectivity index (χ2v) is 29.2. The van der Waals surface area contributed by atoms with Crippen molar-refractivity contribution < 1.29 is 77.3 Å². The van der Waals surface area contributed by atoms with Gasteiger partial charge in [-0.05, 0) is 139 Å². The molecule has 1 fully saturated rings. The Labute approximate surface area is 660 Å². The number of aromatic nitrogens is 1. The number of anilines is 2. The number of carbonyl (C=O) groups is 14. The average Bonchev–Trinajstić information content (AvgIpc) is 1.76. The van der Waals surface area contributed by atoms with Gasteiger partial charge in [0.1, 0.15) is 61.0 Å². The molecule has 604 valence electrons. The maximum Gasteiger partial charge on any atom is 0.325 e. The second-order valence-electron chi connectivity index (χ2n) is 28.7. The number of amides is 13. The maximum atomic E-state index is 15.4. The fourth-order valence-corrected chi connectivity index (χ4v) is 12.9. The van der Waals surface area contributed by atoms with Crippen molar-refractivity contribution in [3.63, 3.8) is 0 Å². The number of carboxylic acids is 1. The first-order valence-corrected chi connectivity index (χ1v) is 37.9. The van der Waals surface area contributed by atoms with Gasteiger partial charge in [-0.15, -0.1) is 0 Å². The Balaban J connectivity index is 1.21. The highest BCUT2D eigenvalue weighted by Gasteiger charge is 2.41. The van der Waals surface area contributed by atoms with Gasteiger partial charge in [-0.3, -0.25) is 72.1 Å². The number of halogens is 1. The highest BCUT2D eigenvalue weighted by atomic mass is 35.5. The van der Waals surface area contributed by atoms with Crippen LogP contribution in [0.4, 0.5) is 11.4 Å². The molecule has 13 amide bonds. The Morgan fingerprint density at radius 2 is 0.956 bits per heavy atom. The van der Waals surface area contributed by atoms with Gasteiger partial charge in [0, 0.05) is 94.3 Å². The molecular formula is C81H102ClN15O16. The van der Waals surface area contributed by atoms with Crippen LogP contribution in [0.25, 0.3) is 10.8 Å². The molecule has 2 heterocycles. The standard InChI is InChI=1S/C81H102ClN15O16/c1-46(2)37-63(72(103)89-62(18-11-12-35-84-47(3)4)80(111)97-36-14-19-69(97)78(109)85-48(5)81(112)113)90-74(105)66(40-53-23-30-60(31-24-53)86-49(6)99)92-76(107)67(41-54-25-32-61(33-26-54)87-50(7)100)94-79(110)71(95-70(102)45-98)96-77(108)68(43-56-15-13-34-83-44-56)93-75(106)65(39-52-21-28-59(82)29-22-52)91-73(104)64(88-51(8)101)42-55-20-27-57-16-9-10-17-58(57)38-55/h9-10,13,15-17,20-34,38,44,46-48,62-69,71,84,98H,11-12,14,18-19,35-37,39-43,45H2,1-8H3,(H,85,109)(H,86,99)(H,87,100)(H,88,101)(H,89,103)(H,90,105)(H,91,104)(H,92,107)(H,93,106)(H,94,110)(H,95,102)(H,96,108)(H,112,113)/t48-,62+,63+,64-,65-,66-,67+,68-,69+,71-/m1/s1. The van der Waals surface area contributed by atoms with Crippen LogP contribution in [0.3, 0.4) is 0 Å². The summed E-state index contributed by atoms with van der Waals surface area (Å²) < 4.78 is 0. The van der Waals surface area contributed by atoms with Crippen molar-refractivity contribution in [1.82, 2.24) is 68.4 Å².